The molecule has 0 aromatic carbocycles. The molecule has 21 heavy (non-hydrogen) atoms. The summed E-state index contributed by atoms with van der Waals surface area (Å²) in [4.78, 5) is 5.03. The van der Waals surface area contributed by atoms with E-state index >= 15 is 0 Å². The minimum Gasteiger partial charge on any atom is -0.305 e. The average Bonchev–Trinajstić information content (AvgIpc) is 3.32. The highest BCUT2D eigenvalue weighted by molar-refractivity contribution is 5.17. The zero-order valence-electron chi connectivity index (χ0n) is 14.1. The second-order valence-electron chi connectivity index (χ2n) is 6.93. The molecule has 2 rings (SSSR count). The molecule has 0 radical (unpaired) electrons. The van der Waals surface area contributed by atoms with Gasteiger partial charge in [0.2, 0.25) is 0 Å². The van der Waals surface area contributed by atoms with E-state index in [9.17, 15) is 5.26 Å². The Morgan fingerprint density at radius 1 is 1.29 bits per heavy atom. The molecule has 4 heteroatoms. The van der Waals surface area contributed by atoms with Gasteiger partial charge in [0, 0.05) is 19.1 Å². The first-order chi connectivity index (χ1) is 10.1. The van der Waals surface area contributed by atoms with Crippen molar-refractivity contribution in [1.29, 1.82) is 5.26 Å². The van der Waals surface area contributed by atoms with Crippen LogP contribution in [0.15, 0.2) is 0 Å². The summed E-state index contributed by atoms with van der Waals surface area (Å²) in [5.41, 5.74) is -0.313. The summed E-state index contributed by atoms with van der Waals surface area (Å²) >= 11 is 0. The Kier molecular flexibility index (Phi) is 6.04. The third kappa shape index (κ3) is 4.18. The van der Waals surface area contributed by atoms with Crippen LogP contribution in [0, 0.1) is 17.2 Å². The minimum absolute atomic E-state index is 0.313. The van der Waals surface area contributed by atoms with E-state index in [2.05, 4.69) is 42.1 Å². The Morgan fingerprint density at radius 2 is 2.05 bits per heavy atom. The van der Waals surface area contributed by atoms with Crippen molar-refractivity contribution in [2.45, 2.75) is 57.5 Å². The smallest absolute Gasteiger partial charge is 0.122 e. The van der Waals surface area contributed by atoms with Crippen LogP contribution in [0.3, 0.4) is 0 Å². The zero-order chi connectivity index (χ0) is 15.3. The molecule has 2 aliphatic rings. The quantitative estimate of drug-likeness (QED) is 0.780. The molecule has 4 nitrogen and oxygen atoms in total. The van der Waals surface area contributed by atoms with Gasteiger partial charge in [0.1, 0.15) is 5.54 Å². The van der Waals surface area contributed by atoms with Gasteiger partial charge in [0.05, 0.1) is 6.07 Å². The van der Waals surface area contributed by atoms with Crippen LogP contribution in [0.4, 0.5) is 0 Å². The van der Waals surface area contributed by atoms with Crippen LogP contribution in [-0.4, -0.2) is 61.2 Å². The van der Waals surface area contributed by atoms with Crippen molar-refractivity contribution in [3.05, 3.63) is 0 Å². The van der Waals surface area contributed by atoms with Crippen molar-refractivity contribution in [3.63, 3.8) is 0 Å². The topological polar surface area (TPSA) is 42.3 Å². The molecule has 2 atom stereocenters. The number of nitrogens with one attached hydrogen (secondary N) is 1. The Labute approximate surface area is 130 Å². The molecular weight excluding hydrogens is 260 g/mol. The lowest BCUT2D eigenvalue weighted by Gasteiger charge is -2.38. The molecule has 1 N–H and O–H groups in total. The van der Waals surface area contributed by atoms with Gasteiger partial charge in [-0.1, -0.05) is 13.8 Å². The predicted octanol–water partition coefficient (Wildman–Crippen LogP) is 2.07. The van der Waals surface area contributed by atoms with E-state index in [1.54, 1.807) is 0 Å². The van der Waals surface area contributed by atoms with Gasteiger partial charge in [-0.05, 0) is 64.7 Å². The third-order valence-electron chi connectivity index (χ3n) is 5.11. The van der Waals surface area contributed by atoms with E-state index < -0.39 is 0 Å². The predicted molar refractivity (Wildman–Crippen MR) is 87.1 cm³/mol. The summed E-state index contributed by atoms with van der Waals surface area (Å²) in [7, 11) is 2.22. The highest BCUT2D eigenvalue weighted by Crippen LogP contribution is 2.40. The number of rotatable bonds is 7. The number of hydrogen-bond acceptors (Lipinski definition) is 4. The molecule has 1 saturated heterocycles. The van der Waals surface area contributed by atoms with Crippen LogP contribution >= 0.6 is 0 Å². The van der Waals surface area contributed by atoms with E-state index in [1.807, 2.05) is 0 Å². The molecule has 2 unspecified atom stereocenters. The van der Waals surface area contributed by atoms with E-state index in [0.29, 0.717) is 12.0 Å². The largest absolute Gasteiger partial charge is 0.305 e. The van der Waals surface area contributed by atoms with Gasteiger partial charge in [-0.25, -0.2) is 0 Å². The van der Waals surface area contributed by atoms with Gasteiger partial charge in [-0.3, -0.25) is 10.2 Å². The molecule has 1 aliphatic carbocycles. The maximum Gasteiger partial charge on any atom is 0.122 e. The van der Waals surface area contributed by atoms with Crippen LogP contribution in [0.25, 0.3) is 0 Å². The lowest BCUT2D eigenvalue weighted by molar-refractivity contribution is 0.139. The second-order valence-corrected chi connectivity index (χ2v) is 6.93. The maximum atomic E-state index is 9.88. The second kappa shape index (κ2) is 7.58. The standard InChI is InChI=1S/C17H32N4/c1-4-9-19-17(13-18,15-7-8-15)14-21-11-6-10-20(3)12-16(21)5-2/h15-16,19H,4-12,14H2,1-3H3. The molecule has 0 amide bonds. The molecule has 120 valence electrons. The molecule has 0 aromatic rings. The first kappa shape index (κ1) is 16.7. The van der Waals surface area contributed by atoms with Gasteiger partial charge in [-0.2, -0.15) is 5.26 Å². The van der Waals surface area contributed by atoms with Gasteiger partial charge in [0.15, 0.2) is 0 Å². The normalized spacial score (nSPS) is 27.8. The summed E-state index contributed by atoms with van der Waals surface area (Å²) in [6, 6.07) is 3.26. The Bertz CT molecular complexity index is 360. The summed E-state index contributed by atoms with van der Waals surface area (Å²) in [6.45, 7) is 9.76. The van der Waals surface area contributed by atoms with E-state index in [1.165, 1.54) is 32.2 Å². The Balaban J connectivity index is 2.08. The monoisotopic (exact) mass is 292 g/mol. The number of likely N-dealkylation sites (N-methyl/N-ethyl adjacent to an activating group) is 1. The number of nitrogens with zero attached hydrogens (tertiary/aromatic N) is 3. The fourth-order valence-electron chi connectivity index (χ4n) is 3.63. The molecule has 2 fully saturated rings. The van der Waals surface area contributed by atoms with Gasteiger partial charge < -0.3 is 4.90 Å². The van der Waals surface area contributed by atoms with Crippen LogP contribution in [0.1, 0.15) is 46.0 Å². The minimum atomic E-state index is -0.313. The summed E-state index contributed by atoms with van der Waals surface area (Å²) in [6.07, 6.45) is 5.91. The fraction of sp³-hybridized carbons (Fsp3) is 0.941. The van der Waals surface area contributed by atoms with E-state index in [0.717, 1.165) is 32.6 Å². The van der Waals surface area contributed by atoms with Crippen molar-refractivity contribution in [2.75, 3.05) is 39.8 Å². The highest BCUT2D eigenvalue weighted by atomic mass is 15.3. The van der Waals surface area contributed by atoms with Crippen LogP contribution < -0.4 is 5.32 Å². The zero-order valence-corrected chi connectivity index (χ0v) is 14.1. The summed E-state index contributed by atoms with van der Waals surface area (Å²) in [5.74, 6) is 0.563. The van der Waals surface area contributed by atoms with Gasteiger partial charge >= 0.3 is 0 Å². The molecular formula is C17H32N4. The SMILES string of the molecule is CCCNC(C#N)(CN1CCCN(C)CC1CC)C1CC1. The average molecular weight is 292 g/mol. The summed E-state index contributed by atoms with van der Waals surface area (Å²) < 4.78 is 0. The Morgan fingerprint density at radius 3 is 2.62 bits per heavy atom. The Hall–Kier alpha value is -0.630. The third-order valence-corrected chi connectivity index (χ3v) is 5.11. The molecule has 0 aromatic heterocycles. The molecule has 0 bridgehead atoms. The van der Waals surface area contributed by atoms with Crippen molar-refractivity contribution in [1.82, 2.24) is 15.1 Å². The highest BCUT2D eigenvalue weighted by Gasteiger charge is 2.47. The first-order valence-corrected chi connectivity index (χ1v) is 8.74. The van der Waals surface area contributed by atoms with E-state index in [-0.39, 0.29) is 5.54 Å². The lowest BCUT2D eigenvalue weighted by atomic mass is 9.92. The fourth-order valence-corrected chi connectivity index (χ4v) is 3.63. The molecule has 0 spiro atoms. The molecule has 1 heterocycles. The van der Waals surface area contributed by atoms with Gasteiger partial charge in [0.25, 0.3) is 0 Å². The van der Waals surface area contributed by atoms with Crippen molar-refractivity contribution >= 4 is 0 Å². The van der Waals surface area contributed by atoms with Gasteiger partial charge in [-0.15, -0.1) is 0 Å². The van der Waals surface area contributed by atoms with Crippen molar-refractivity contribution < 1.29 is 0 Å². The van der Waals surface area contributed by atoms with E-state index in [4.69, 9.17) is 0 Å². The van der Waals surface area contributed by atoms with Crippen LogP contribution in [-0.2, 0) is 0 Å². The van der Waals surface area contributed by atoms with Crippen molar-refractivity contribution in [2.24, 2.45) is 5.92 Å². The van der Waals surface area contributed by atoms with Crippen LogP contribution in [0.2, 0.25) is 0 Å². The molecule has 1 aliphatic heterocycles. The first-order valence-electron chi connectivity index (χ1n) is 8.74. The number of nitriles is 1. The number of hydrogen-bond donors (Lipinski definition) is 1. The maximum absolute atomic E-state index is 9.88. The lowest BCUT2D eigenvalue weighted by Crippen LogP contribution is -2.57. The molecule has 1 saturated carbocycles. The van der Waals surface area contributed by atoms with Crippen molar-refractivity contribution in [3.8, 4) is 6.07 Å². The van der Waals surface area contributed by atoms with Crippen LogP contribution in [0.5, 0.6) is 0 Å². The summed E-state index contributed by atoms with van der Waals surface area (Å²) in [5, 5.41) is 13.5.